The van der Waals surface area contributed by atoms with Crippen LogP contribution >= 0.6 is 11.6 Å². The number of aromatic nitrogens is 4. The summed E-state index contributed by atoms with van der Waals surface area (Å²) in [6.45, 7) is 9.15. The first-order chi connectivity index (χ1) is 12.9. The minimum Gasteiger partial charge on any atom is -0.444 e. The van der Waals surface area contributed by atoms with Crippen LogP contribution in [0.1, 0.15) is 46.1 Å². The van der Waals surface area contributed by atoms with E-state index in [1.54, 1.807) is 20.8 Å². The maximum atomic E-state index is 12.5. The molecule has 0 saturated carbocycles. The number of nitrogens with one attached hydrogen (secondary N) is 1. The van der Waals surface area contributed by atoms with Gasteiger partial charge in [-0.15, -0.1) is 0 Å². The summed E-state index contributed by atoms with van der Waals surface area (Å²) in [4.78, 5) is 26.1. The first kappa shape index (κ1) is 23.5. The van der Waals surface area contributed by atoms with Gasteiger partial charge < -0.3 is 10.1 Å². The minimum atomic E-state index is -4.63. The SMILES string of the molecule is CC.CC(C)(C)OC(=O)NCc1cc(-c2cnc(C(F)(F)F)nc2)nc(Cl)n1. The van der Waals surface area contributed by atoms with E-state index in [1.807, 2.05) is 13.8 Å². The molecule has 0 unspecified atom stereocenters. The molecule has 7 nitrogen and oxygen atoms in total. The summed E-state index contributed by atoms with van der Waals surface area (Å²) in [6.07, 6.45) is -3.31. The van der Waals surface area contributed by atoms with E-state index in [-0.39, 0.29) is 23.1 Å². The van der Waals surface area contributed by atoms with Crippen LogP contribution in [-0.2, 0) is 17.5 Å². The maximum absolute atomic E-state index is 12.5. The van der Waals surface area contributed by atoms with Crippen molar-refractivity contribution >= 4 is 17.7 Å². The van der Waals surface area contributed by atoms with E-state index in [0.29, 0.717) is 5.69 Å². The van der Waals surface area contributed by atoms with Crippen molar-refractivity contribution in [1.29, 1.82) is 0 Å². The number of rotatable bonds is 3. The highest BCUT2D eigenvalue weighted by molar-refractivity contribution is 6.28. The number of halogens is 4. The van der Waals surface area contributed by atoms with Crippen LogP contribution in [0.5, 0.6) is 0 Å². The molecule has 1 N–H and O–H groups in total. The third-order valence-electron chi connectivity index (χ3n) is 2.77. The van der Waals surface area contributed by atoms with Gasteiger partial charge >= 0.3 is 12.3 Å². The van der Waals surface area contributed by atoms with Gasteiger partial charge in [0.25, 0.3) is 0 Å². The Morgan fingerprint density at radius 3 is 2.21 bits per heavy atom. The lowest BCUT2D eigenvalue weighted by molar-refractivity contribution is -0.145. The molecule has 0 aliphatic rings. The van der Waals surface area contributed by atoms with Gasteiger partial charge in [-0.2, -0.15) is 13.2 Å². The zero-order chi connectivity index (χ0) is 21.5. The molecule has 0 saturated heterocycles. The van der Waals surface area contributed by atoms with E-state index in [2.05, 4.69) is 25.3 Å². The summed E-state index contributed by atoms with van der Waals surface area (Å²) in [5.74, 6) is -1.26. The molecule has 0 fully saturated rings. The molecular weight excluding hydrogens is 399 g/mol. The summed E-state index contributed by atoms with van der Waals surface area (Å²) < 4.78 is 42.7. The largest absolute Gasteiger partial charge is 0.451 e. The Morgan fingerprint density at radius 2 is 1.71 bits per heavy atom. The molecule has 0 aliphatic carbocycles. The number of hydrogen-bond acceptors (Lipinski definition) is 6. The molecule has 0 aromatic carbocycles. The minimum absolute atomic E-state index is 0.00829. The third-order valence-corrected chi connectivity index (χ3v) is 2.93. The Labute approximate surface area is 165 Å². The van der Waals surface area contributed by atoms with Crippen molar-refractivity contribution in [3.8, 4) is 11.3 Å². The number of carbonyl (C=O) groups excluding carboxylic acids is 1. The van der Waals surface area contributed by atoms with Crippen LogP contribution in [0.25, 0.3) is 11.3 Å². The molecule has 2 aromatic rings. The molecule has 2 aromatic heterocycles. The van der Waals surface area contributed by atoms with E-state index < -0.39 is 23.7 Å². The molecule has 0 spiro atoms. The van der Waals surface area contributed by atoms with Gasteiger partial charge in [0.05, 0.1) is 17.9 Å². The second-order valence-electron chi connectivity index (χ2n) is 6.16. The Hall–Kier alpha value is -2.49. The monoisotopic (exact) mass is 419 g/mol. The number of alkyl carbamates (subject to hydrolysis) is 1. The topological polar surface area (TPSA) is 89.9 Å². The molecular formula is C17H21ClF3N5O2. The number of ether oxygens (including phenoxy) is 1. The molecule has 11 heteroatoms. The van der Waals surface area contributed by atoms with E-state index in [4.69, 9.17) is 16.3 Å². The van der Waals surface area contributed by atoms with Gasteiger partial charge in [0.1, 0.15) is 5.60 Å². The smallest absolute Gasteiger partial charge is 0.444 e. The first-order valence-corrected chi connectivity index (χ1v) is 8.72. The number of alkyl halides is 3. The normalized spacial score (nSPS) is 11.3. The highest BCUT2D eigenvalue weighted by Crippen LogP contribution is 2.27. The lowest BCUT2D eigenvalue weighted by Crippen LogP contribution is -2.32. The van der Waals surface area contributed by atoms with Gasteiger partial charge in [-0.05, 0) is 38.4 Å². The Morgan fingerprint density at radius 1 is 1.14 bits per heavy atom. The average molecular weight is 420 g/mol. The van der Waals surface area contributed by atoms with Crippen molar-refractivity contribution in [2.75, 3.05) is 0 Å². The number of hydrogen-bond donors (Lipinski definition) is 1. The fraction of sp³-hybridized carbons (Fsp3) is 0.471. The van der Waals surface area contributed by atoms with E-state index in [9.17, 15) is 18.0 Å². The number of nitrogens with zero attached hydrogens (tertiary/aromatic N) is 4. The fourth-order valence-corrected chi connectivity index (χ4v) is 1.99. The van der Waals surface area contributed by atoms with Crippen LogP contribution in [0, 0.1) is 0 Å². The van der Waals surface area contributed by atoms with Crippen LogP contribution in [0.3, 0.4) is 0 Å². The molecule has 2 heterocycles. The van der Waals surface area contributed by atoms with Crippen molar-refractivity contribution in [3.05, 3.63) is 35.3 Å². The predicted molar refractivity (Wildman–Crippen MR) is 97.5 cm³/mol. The zero-order valence-corrected chi connectivity index (χ0v) is 16.8. The van der Waals surface area contributed by atoms with Crippen LogP contribution < -0.4 is 5.32 Å². The van der Waals surface area contributed by atoms with Gasteiger partial charge in [-0.1, -0.05) is 13.8 Å². The summed E-state index contributed by atoms with van der Waals surface area (Å²) >= 11 is 5.84. The number of amides is 1. The van der Waals surface area contributed by atoms with Gasteiger partial charge in [0, 0.05) is 18.0 Å². The predicted octanol–water partition coefficient (Wildman–Crippen LogP) is 4.66. The molecule has 28 heavy (non-hydrogen) atoms. The molecule has 0 atom stereocenters. The highest BCUT2D eigenvalue weighted by atomic mass is 35.5. The molecule has 0 radical (unpaired) electrons. The summed E-state index contributed by atoms with van der Waals surface area (Å²) in [5, 5.41) is 2.36. The summed E-state index contributed by atoms with van der Waals surface area (Å²) in [6, 6.07) is 1.45. The van der Waals surface area contributed by atoms with E-state index in [1.165, 1.54) is 6.07 Å². The second-order valence-corrected chi connectivity index (χ2v) is 6.50. The van der Waals surface area contributed by atoms with Gasteiger partial charge in [0.15, 0.2) is 0 Å². The Kier molecular flexibility index (Phi) is 8.10. The molecule has 0 bridgehead atoms. The van der Waals surface area contributed by atoms with Crippen molar-refractivity contribution in [1.82, 2.24) is 25.3 Å². The average Bonchev–Trinajstić information content (AvgIpc) is 2.59. The van der Waals surface area contributed by atoms with Crippen molar-refractivity contribution in [2.24, 2.45) is 0 Å². The third kappa shape index (κ3) is 7.63. The zero-order valence-electron chi connectivity index (χ0n) is 16.1. The van der Waals surface area contributed by atoms with Crippen LogP contribution in [-0.4, -0.2) is 31.6 Å². The Balaban J connectivity index is 0.00000190. The van der Waals surface area contributed by atoms with Gasteiger partial charge in [-0.25, -0.2) is 24.7 Å². The van der Waals surface area contributed by atoms with Crippen LogP contribution in [0.4, 0.5) is 18.0 Å². The lowest BCUT2D eigenvalue weighted by Gasteiger charge is -2.19. The van der Waals surface area contributed by atoms with Gasteiger partial charge in [-0.3, -0.25) is 0 Å². The fourth-order valence-electron chi connectivity index (χ4n) is 1.79. The number of carbonyl (C=O) groups is 1. The van der Waals surface area contributed by atoms with Crippen molar-refractivity contribution in [3.63, 3.8) is 0 Å². The molecule has 2 rings (SSSR count). The maximum Gasteiger partial charge on any atom is 0.451 e. The summed E-state index contributed by atoms with van der Waals surface area (Å²) in [7, 11) is 0. The van der Waals surface area contributed by atoms with Crippen molar-refractivity contribution in [2.45, 2.75) is 52.9 Å². The standard InChI is InChI=1S/C15H15ClF3N5O2.C2H6/c1-14(2,3)26-13(25)22-7-9-4-10(24-12(16)23-9)8-5-20-11(21-6-8)15(17,18)19;1-2/h4-6H,7H2,1-3H3,(H,22,25);1-2H3. The summed E-state index contributed by atoms with van der Waals surface area (Å²) in [5.41, 5.74) is 0.127. The highest BCUT2D eigenvalue weighted by Gasteiger charge is 2.34. The van der Waals surface area contributed by atoms with E-state index >= 15 is 0 Å². The first-order valence-electron chi connectivity index (χ1n) is 8.34. The second kappa shape index (κ2) is 9.63. The van der Waals surface area contributed by atoms with Crippen molar-refractivity contribution < 1.29 is 22.7 Å². The lowest BCUT2D eigenvalue weighted by atomic mass is 10.2. The Bertz CT molecular complexity index is 793. The molecule has 0 aliphatic heterocycles. The van der Waals surface area contributed by atoms with E-state index in [0.717, 1.165) is 12.4 Å². The quantitative estimate of drug-likeness (QED) is 0.728. The van der Waals surface area contributed by atoms with Crippen LogP contribution in [0.2, 0.25) is 5.28 Å². The van der Waals surface area contributed by atoms with Gasteiger partial charge in [0.2, 0.25) is 11.1 Å². The van der Waals surface area contributed by atoms with Crippen LogP contribution in [0.15, 0.2) is 18.5 Å². The molecule has 1 amide bonds. The molecule has 154 valence electrons.